The molecule has 0 atom stereocenters. The summed E-state index contributed by atoms with van der Waals surface area (Å²) in [5.74, 6) is -0.569. The zero-order valence-electron chi connectivity index (χ0n) is 14.1. The van der Waals surface area contributed by atoms with Crippen molar-refractivity contribution in [1.82, 2.24) is 0 Å². The number of anilines is 3. The number of ether oxygens (including phenoxy) is 1. The second-order valence-corrected chi connectivity index (χ2v) is 5.76. The molecular formula is C18H22Cl2FN3O2. The molecule has 26 heavy (non-hydrogen) atoms. The van der Waals surface area contributed by atoms with E-state index in [4.69, 9.17) is 10.5 Å². The van der Waals surface area contributed by atoms with Crippen molar-refractivity contribution >= 4 is 47.8 Å². The lowest BCUT2D eigenvalue weighted by Gasteiger charge is -2.29. The van der Waals surface area contributed by atoms with E-state index in [0.29, 0.717) is 37.7 Å². The predicted octanol–water partition coefficient (Wildman–Crippen LogP) is 3.27. The highest BCUT2D eigenvalue weighted by molar-refractivity contribution is 5.92. The van der Waals surface area contributed by atoms with Crippen molar-refractivity contribution in [2.24, 2.45) is 0 Å². The SMILES string of the molecule is Cl.Cl.Nc1ccc(CC(=O)Nc2cc(F)cc(N3CCOCC3)c2)cc1. The van der Waals surface area contributed by atoms with E-state index in [0.717, 1.165) is 11.3 Å². The average molecular weight is 402 g/mol. The molecule has 1 saturated heterocycles. The molecule has 0 aromatic heterocycles. The van der Waals surface area contributed by atoms with Crippen LogP contribution in [0.15, 0.2) is 42.5 Å². The molecule has 2 aromatic carbocycles. The molecule has 0 bridgehead atoms. The van der Waals surface area contributed by atoms with Gasteiger partial charge in [-0.25, -0.2) is 4.39 Å². The van der Waals surface area contributed by atoms with Gasteiger partial charge in [0.05, 0.1) is 19.6 Å². The Hall–Kier alpha value is -2.02. The number of nitrogens with two attached hydrogens (primary N) is 1. The van der Waals surface area contributed by atoms with Crippen LogP contribution in [0.2, 0.25) is 0 Å². The number of hydrogen-bond acceptors (Lipinski definition) is 4. The number of amides is 1. The van der Waals surface area contributed by atoms with E-state index < -0.39 is 0 Å². The van der Waals surface area contributed by atoms with Crippen LogP contribution in [0.5, 0.6) is 0 Å². The van der Waals surface area contributed by atoms with Crippen molar-refractivity contribution in [2.45, 2.75) is 6.42 Å². The zero-order chi connectivity index (χ0) is 16.9. The normalized spacial score (nSPS) is 13.3. The maximum Gasteiger partial charge on any atom is 0.228 e. The summed E-state index contributed by atoms with van der Waals surface area (Å²) in [7, 11) is 0. The van der Waals surface area contributed by atoms with Crippen LogP contribution in [0, 0.1) is 5.82 Å². The molecule has 1 aliphatic heterocycles. The Kier molecular flexibility index (Phi) is 8.65. The fourth-order valence-corrected chi connectivity index (χ4v) is 2.68. The van der Waals surface area contributed by atoms with E-state index in [1.165, 1.54) is 12.1 Å². The maximum atomic E-state index is 13.9. The van der Waals surface area contributed by atoms with E-state index in [2.05, 4.69) is 5.32 Å². The van der Waals surface area contributed by atoms with Gasteiger partial charge in [-0.05, 0) is 35.9 Å². The monoisotopic (exact) mass is 401 g/mol. The van der Waals surface area contributed by atoms with Gasteiger partial charge in [-0.1, -0.05) is 12.1 Å². The third-order valence-electron chi connectivity index (χ3n) is 3.89. The Bertz CT molecular complexity index is 723. The lowest BCUT2D eigenvalue weighted by atomic mass is 10.1. The smallest absolute Gasteiger partial charge is 0.228 e. The minimum atomic E-state index is -0.373. The number of morpholine rings is 1. The molecule has 3 rings (SSSR count). The summed E-state index contributed by atoms with van der Waals surface area (Å²) < 4.78 is 19.2. The van der Waals surface area contributed by atoms with Gasteiger partial charge in [-0.2, -0.15) is 0 Å². The number of benzene rings is 2. The molecule has 5 nitrogen and oxygen atoms in total. The predicted molar refractivity (Wildman–Crippen MR) is 107 cm³/mol. The van der Waals surface area contributed by atoms with E-state index in [9.17, 15) is 9.18 Å². The van der Waals surface area contributed by atoms with Crippen LogP contribution < -0.4 is 16.0 Å². The molecule has 2 aromatic rings. The lowest BCUT2D eigenvalue weighted by Crippen LogP contribution is -2.36. The quantitative estimate of drug-likeness (QED) is 0.771. The van der Waals surface area contributed by atoms with Gasteiger partial charge in [0.2, 0.25) is 5.91 Å². The molecule has 0 saturated carbocycles. The van der Waals surface area contributed by atoms with Gasteiger partial charge in [0, 0.05) is 30.2 Å². The van der Waals surface area contributed by atoms with Gasteiger partial charge in [0.25, 0.3) is 0 Å². The second-order valence-electron chi connectivity index (χ2n) is 5.76. The number of halogens is 3. The molecule has 1 heterocycles. The van der Waals surface area contributed by atoms with Gasteiger partial charge in [-0.15, -0.1) is 24.8 Å². The fraction of sp³-hybridized carbons (Fsp3) is 0.278. The first-order valence-electron chi connectivity index (χ1n) is 7.88. The molecule has 0 aliphatic carbocycles. The minimum absolute atomic E-state index is 0. The topological polar surface area (TPSA) is 67.6 Å². The Balaban J connectivity index is 0.00000169. The standard InChI is InChI=1S/C18H20FN3O2.2ClH/c19-14-10-16(12-17(11-14)22-5-7-24-8-6-22)21-18(23)9-13-1-3-15(20)4-2-13;;/h1-4,10-12H,5-9,20H2,(H,21,23);2*1H. The van der Waals surface area contributed by atoms with Crippen LogP contribution in [-0.4, -0.2) is 32.2 Å². The molecule has 0 radical (unpaired) electrons. The average Bonchev–Trinajstić information content (AvgIpc) is 2.57. The first-order valence-corrected chi connectivity index (χ1v) is 7.88. The Labute approximate surface area is 164 Å². The van der Waals surface area contributed by atoms with Crippen molar-refractivity contribution in [2.75, 3.05) is 42.3 Å². The summed E-state index contributed by atoms with van der Waals surface area (Å²) in [6.45, 7) is 2.66. The van der Waals surface area contributed by atoms with E-state index in [1.54, 1.807) is 30.3 Å². The molecule has 142 valence electrons. The molecule has 1 aliphatic rings. The van der Waals surface area contributed by atoms with E-state index in [-0.39, 0.29) is 43.0 Å². The van der Waals surface area contributed by atoms with E-state index >= 15 is 0 Å². The van der Waals surface area contributed by atoms with Crippen molar-refractivity contribution in [3.05, 3.63) is 53.8 Å². The summed E-state index contributed by atoms with van der Waals surface area (Å²) in [6.07, 6.45) is 0.212. The first-order chi connectivity index (χ1) is 11.6. The van der Waals surface area contributed by atoms with Crippen LogP contribution in [0.3, 0.4) is 0 Å². The molecular weight excluding hydrogens is 380 g/mol. The van der Waals surface area contributed by atoms with Crippen molar-refractivity contribution in [3.63, 3.8) is 0 Å². The molecule has 0 spiro atoms. The fourth-order valence-electron chi connectivity index (χ4n) is 2.68. The van der Waals surface area contributed by atoms with Crippen LogP contribution in [0.4, 0.5) is 21.5 Å². The summed E-state index contributed by atoms with van der Waals surface area (Å²) in [5, 5.41) is 2.76. The number of carbonyl (C=O) groups is 1. The van der Waals surface area contributed by atoms with Crippen LogP contribution in [0.25, 0.3) is 0 Å². The number of nitrogens with zero attached hydrogens (tertiary/aromatic N) is 1. The highest BCUT2D eigenvalue weighted by Gasteiger charge is 2.14. The summed E-state index contributed by atoms with van der Waals surface area (Å²) >= 11 is 0. The Morgan fingerprint density at radius 2 is 1.77 bits per heavy atom. The number of carbonyl (C=O) groups excluding carboxylic acids is 1. The minimum Gasteiger partial charge on any atom is -0.399 e. The van der Waals surface area contributed by atoms with Crippen molar-refractivity contribution in [3.8, 4) is 0 Å². The maximum absolute atomic E-state index is 13.9. The van der Waals surface area contributed by atoms with Crippen molar-refractivity contribution in [1.29, 1.82) is 0 Å². The van der Waals surface area contributed by atoms with E-state index in [1.807, 2.05) is 4.90 Å². The summed E-state index contributed by atoms with van der Waals surface area (Å²) in [5.41, 5.74) is 8.34. The Morgan fingerprint density at radius 3 is 2.42 bits per heavy atom. The Morgan fingerprint density at radius 1 is 1.12 bits per heavy atom. The molecule has 3 N–H and O–H groups in total. The van der Waals surface area contributed by atoms with Crippen molar-refractivity contribution < 1.29 is 13.9 Å². The van der Waals surface area contributed by atoms with Crippen LogP contribution in [-0.2, 0) is 16.0 Å². The summed E-state index contributed by atoms with van der Waals surface area (Å²) in [4.78, 5) is 14.2. The third-order valence-corrected chi connectivity index (χ3v) is 3.89. The third kappa shape index (κ3) is 6.05. The number of nitrogens with one attached hydrogen (secondary N) is 1. The highest BCUT2D eigenvalue weighted by Crippen LogP contribution is 2.23. The molecule has 0 unspecified atom stereocenters. The van der Waals surface area contributed by atoms with Gasteiger partial charge in [0.15, 0.2) is 0 Å². The number of rotatable bonds is 4. The van der Waals surface area contributed by atoms with Crippen LogP contribution >= 0.6 is 24.8 Å². The summed E-state index contributed by atoms with van der Waals surface area (Å²) in [6, 6.07) is 11.7. The second kappa shape index (κ2) is 10.2. The lowest BCUT2D eigenvalue weighted by molar-refractivity contribution is -0.115. The van der Waals surface area contributed by atoms with Gasteiger partial charge in [-0.3, -0.25) is 4.79 Å². The highest BCUT2D eigenvalue weighted by atomic mass is 35.5. The van der Waals surface area contributed by atoms with Gasteiger partial charge < -0.3 is 20.7 Å². The molecule has 8 heteroatoms. The zero-order valence-corrected chi connectivity index (χ0v) is 15.7. The number of hydrogen-bond donors (Lipinski definition) is 2. The van der Waals surface area contributed by atoms with Gasteiger partial charge in [0.1, 0.15) is 5.82 Å². The first kappa shape index (κ1) is 22.0. The van der Waals surface area contributed by atoms with Crippen LogP contribution in [0.1, 0.15) is 5.56 Å². The largest absolute Gasteiger partial charge is 0.399 e. The number of nitrogen functional groups attached to an aromatic ring is 1. The van der Waals surface area contributed by atoms with Gasteiger partial charge >= 0.3 is 0 Å². The molecule has 1 amide bonds. The molecule has 1 fully saturated rings.